The lowest BCUT2D eigenvalue weighted by atomic mass is 10.1. The molecule has 126 valence electrons. The molecule has 3 nitrogen and oxygen atoms in total. The molecule has 0 aliphatic rings. The lowest BCUT2D eigenvalue weighted by molar-refractivity contribution is -0.143. The Kier molecular flexibility index (Phi) is 17.6. The van der Waals surface area contributed by atoms with Gasteiger partial charge in [0.1, 0.15) is 0 Å². The van der Waals surface area contributed by atoms with Crippen LogP contribution in [-0.4, -0.2) is 35.8 Å². The second-order valence-corrected chi connectivity index (χ2v) is 6.71. The van der Waals surface area contributed by atoms with E-state index in [1.165, 1.54) is 57.8 Å². The highest BCUT2D eigenvalue weighted by Gasteiger charge is 2.02. The maximum Gasteiger partial charge on any atom is 0.306 e. The third-order valence-electron chi connectivity index (χ3n) is 3.45. The van der Waals surface area contributed by atoms with Crippen molar-refractivity contribution in [2.75, 3.05) is 24.7 Å². The van der Waals surface area contributed by atoms with E-state index in [0.29, 0.717) is 18.8 Å². The molecule has 0 spiro atoms. The average Bonchev–Trinajstić information content (AvgIpc) is 2.49. The number of carbonyl (C=O) groups excluding carboxylic acids is 1. The average molecular weight is 319 g/mol. The predicted octanol–water partition coefficient (Wildman–Crippen LogP) is 4.57. The molecule has 0 aromatic carbocycles. The molecule has 1 N–H and O–H groups in total. The fraction of sp³-hybridized carbons (Fsp3) is 0.941. The molecule has 4 heteroatoms. The van der Waals surface area contributed by atoms with Gasteiger partial charge in [-0.2, -0.15) is 11.8 Å². The summed E-state index contributed by atoms with van der Waals surface area (Å²) in [7, 11) is 0. The van der Waals surface area contributed by atoms with Crippen LogP contribution in [0, 0.1) is 0 Å². The van der Waals surface area contributed by atoms with Gasteiger partial charge in [-0.3, -0.25) is 4.79 Å². The molecule has 0 aliphatic carbocycles. The summed E-state index contributed by atoms with van der Waals surface area (Å²) in [6, 6.07) is 0. The summed E-state index contributed by atoms with van der Waals surface area (Å²) < 4.78 is 5.18. The van der Waals surface area contributed by atoms with E-state index in [1.807, 2.05) is 0 Å². The van der Waals surface area contributed by atoms with Crippen LogP contribution < -0.4 is 0 Å². The van der Waals surface area contributed by atoms with E-state index in [4.69, 9.17) is 9.84 Å². The summed E-state index contributed by atoms with van der Waals surface area (Å²) in [5.41, 5.74) is 0. The summed E-state index contributed by atoms with van der Waals surface area (Å²) >= 11 is 1.59. The van der Waals surface area contributed by atoms with Gasteiger partial charge in [0, 0.05) is 11.5 Å². The molecule has 0 bridgehead atoms. The van der Waals surface area contributed by atoms with Crippen molar-refractivity contribution in [3.8, 4) is 0 Å². The first-order valence-electron chi connectivity index (χ1n) is 8.65. The number of hydrogen-bond donors (Lipinski definition) is 1. The molecule has 0 atom stereocenters. The standard InChI is InChI=1S/C17H34O3S/c1-2-3-4-5-6-7-8-9-10-11-14-20-17(19)12-15-21-16-13-18/h18H,2-16H2,1H3. The number of carbonyl (C=O) groups is 1. The van der Waals surface area contributed by atoms with Crippen molar-refractivity contribution in [1.82, 2.24) is 0 Å². The lowest BCUT2D eigenvalue weighted by Crippen LogP contribution is -2.07. The summed E-state index contributed by atoms with van der Waals surface area (Å²) in [4.78, 5) is 11.4. The number of unbranched alkanes of at least 4 members (excludes halogenated alkanes) is 9. The fourth-order valence-corrected chi connectivity index (χ4v) is 2.81. The Labute approximate surface area is 135 Å². The lowest BCUT2D eigenvalue weighted by Gasteiger charge is -2.05. The number of aliphatic hydroxyl groups excluding tert-OH is 1. The monoisotopic (exact) mass is 318 g/mol. The minimum Gasteiger partial charge on any atom is -0.466 e. The van der Waals surface area contributed by atoms with Crippen molar-refractivity contribution in [3.05, 3.63) is 0 Å². The Balaban J connectivity index is 3.09. The molecule has 0 saturated heterocycles. The SMILES string of the molecule is CCCCCCCCCCCCOC(=O)CCSCCO. The Morgan fingerprint density at radius 3 is 2.05 bits per heavy atom. The van der Waals surface area contributed by atoms with E-state index in [0.717, 1.165) is 12.2 Å². The van der Waals surface area contributed by atoms with Gasteiger partial charge in [-0.15, -0.1) is 0 Å². The van der Waals surface area contributed by atoms with Crippen LogP contribution in [0.25, 0.3) is 0 Å². The van der Waals surface area contributed by atoms with Crippen molar-refractivity contribution >= 4 is 17.7 Å². The van der Waals surface area contributed by atoms with Crippen molar-refractivity contribution in [2.45, 2.75) is 77.6 Å². The van der Waals surface area contributed by atoms with E-state index in [9.17, 15) is 4.79 Å². The molecule has 0 rings (SSSR count). The normalized spacial score (nSPS) is 10.8. The maximum atomic E-state index is 11.4. The van der Waals surface area contributed by atoms with Crippen LogP contribution in [0.2, 0.25) is 0 Å². The van der Waals surface area contributed by atoms with Gasteiger partial charge in [0.25, 0.3) is 0 Å². The van der Waals surface area contributed by atoms with Crippen LogP contribution in [0.15, 0.2) is 0 Å². The zero-order valence-electron chi connectivity index (χ0n) is 13.8. The molecule has 0 fully saturated rings. The molecule has 0 radical (unpaired) electrons. The topological polar surface area (TPSA) is 46.5 Å². The minimum absolute atomic E-state index is 0.101. The van der Waals surface area contributed by atoms with E-state index in [-0.39, 0.29) is 12.6 Å². The Hall–Kier alpha value is -0.220. The number of thioether (sulfide) groups is 1. The van der Waals surface area contributed by atoms with E-state index in [2.05, 4.69) is 6.92 Å². The molecule has 0 saturated carbocycles. The molecular weight excluding hydrogens is 284 g/mol. The highest BCUT2D eigenvalue weighted by molar-refractivity contribution is 7.99. The largest absolute Gasteiger partial charge is 0.466 e. The number of esters is 1. The van der Waals surface area contributed by atoms with Gasteiger partial charge in [0.2, 0.25) is 0 Å². The Morgan fingerprint density at radius 2 is 1.48 bits per heavy atom. The third kappa shape index (κ3) is 17.7. The van der Waals surface area contributed by atoms with Gasteiger partial charge in [-0.25, -0.2) is 0 Å². The molecule has 0 aromatic heterocycles. The van der Waals surface area contributed by atoms with Gasteiger partial charge in [0.05, 0.1) is 19.6 Å². The Bertz CT molecular complexity index is 222. The summed E-state index contributed by atoms with van der Waals surface area (Å²) in [5.74, 6) is 1.35. The van der Waals surface area contributed by atoms with Gasteiger partial charge >= 0.3 is 5.97 Å². The number of ether oxygens (including phenoxy) is 1. The zero-order chi connectivity index (χ0) is 15.6. The van der Waals surface area contributed by atoms with Gasteiger partial charge in [0.15, 0.2) is 0 Å². The summed E-state index contributed by atoms with van der Waals surface area (Å²) in [5, 5.41) is 8.61. The van der Waals surface area contributed by atoms with E-state index in [1.54, 1.807) is 11.8 Å². The third-order valence-corrected chi connectivity index (χ3v) is 4.41. The fourth-order valence-electron chi connectivity index (χ4n) is 2.17. The highest BCUT2D eigenvalue weighted by atomic mass is 32.2. The summed E-state index contributed by atoms with van der Waals surface area (Å²) in [6.07, 6.45) is 13.4. The number of aliphatic hydroxyl groups is 1. The van der Waals surface area contributed by atoms with Crippen LogP contribution in [0.4, 0.5) is 0 Å². The van der Waals surface area contributed by atoms with E-state index >= 15 is 0 Å². The van der Waals surface area contributed by atoms with Crippen LogP contribution in [-0.2, 0) is 9.53 Å². The molecule has 0 heterocycles. The minimum atomic E-state index is -0.101. The predicted molar refractivity (Wildman–Crippen MR) is 91.8 cm³/mol. The van der Waals surface area contributed by atoms with Crippen molar-refractivity contribution in [2.24, 2.45) is 0 Å². The first-order valence-corrected chi connectivity index (χ1v) is 9.81. The maximum absolute atomic E-state index is 11.4. The summed E-state index contributed by atoms with van der Waals surface area (Å²) in [6.45, 7) is 3.00. The van der Waals surface area contributed by atoms with Gasteiger partial charge < -0.3 is 9.84 Å². The molecule has 0 unspecified atom stereocenters. The van der Waals surface area contributed by atoms with Gasteiger partial charge in [-0.05, 0) is 6.42 Å². The number of rotatable bonds is 16. The zero-order valence-corrected chi connectivity index (χ0v) is 14.6. The first-order chi connectivity index (χ1) is 10.3. The second kappa shape index (κ2) is 17.8. The Morgan fingerprint density at radius 1 is 0.905 bits per heavy atom. The molecule has 0 aromatic rings. The molecule has 0 aliphatic heterocycles. The van der Waals surface area contributed by atoms with Crippen molar-refractivity contribution < 1.29 is 14.6 Å². The quantitative estimate of drug-likeness (QED) is 0.334. The highest BCUT2D eigenvalue weighted by Crippen LogP contribution is 2.10. The van der Waals surface area contributed by atoms with Crippen molar-refractivity contribution in [3.63, 3.8) is 0 Å². The molecular formula is C17H34O3S. The molecule has 0 amide bonds. The van der Waals surface area contributed by atoms with Gasteiger partial charge in [-0.1, -0.05) is 64.7 Å². The second-order valence-electron chi connectivity index (χ2n) is 5.49. The van der Waals surface area contributed by atoms with Crippen LogP contribution >= 0.6 is 11.8 Å². The first kappa shape index (κ1) is 20.8. The smallest absolute Gasteiger partial charge is 0.306 e. The molecule has 21 heavy (non-hydrogen) atoms. The van der Waals surface area contributed by atoms with Crippen LogP contribution in [0.5, 0.6) is 0 Å². The van der Waals surface area contributed by atoms with Crippen molar-refractivity contribution in [1.29, 1.82) is 0 Å². The van der Waals surface area contributed by atoms with Crippen LogP contribution in [0.3, 0.4) is 0 Å². The van der Waals surface area contributed by atoms with Crippen LogP contribution in [0.1, 0.15) is 77.6 Å². The van der Waals surface area contributed by atoms with E-state index < -0.39 is 0 Å². The number of hydrogen-bond acceptors (Lipinski definition) is 4.